The average molecular weight is 315 g/mol. The van der Waals surface area contributed by atoms with Gasteiger partial charge in [-0.2, -0.15) is 0 Å². The lowest BCUT2D eigenvalue weighted by atomic mass is 10.1. The van der Waals surface area contributed by atoms with Crippen LogP contribution in [0, 0.1) is 10.1 Å². The van der Waals surface area contributed by atoms with Crippen molar-refractivity contribution in [2.45, 2.75) is 26.3 Å². The number of nitro benzene ring substituents is 1. The third-order valence-corrected chi connectivity index (χ3v) is 3.81. The first-order chi connectivity index (χ1) is 8.40. The minimum Gasteiger partial charge on any atom is -0.339 e. The molecule has 0 aliphatic rings. The predicted octanol–water partition coefficient (Wildman–Crippen LogP) is 3.23. The summed E-state index contributed by atoms with van der Waals surface area (Å²) in [5.74, 6) is -0.222. The molecule has 1 aromatic carbocycles. The van der Waals surface area contributed by atoms with E-state index >= 15 is 0 Å². The Kier molecular flexibility index (Phi) is 4.84. The van der Waals surface area contributed by atoms with Crippen molar-refractivity contribution in [3.63, 3.8) is 0 Å². The van der Waals surface area contributed by atoms with Crippen LogP contribution in [0.2, 0.25) is 0 Å². The second kappa shape index (κ2) is 5.95. The zero-order chi connectivity index (χ0) is 13.9. The summed E-state index contributed by atoms with van der Waals surface area (Å²) in [5.41, 5.74) is 0.213. The van der Waals surface area contributed by atoms with Crippen molar-refractivity contribution in [3.8, 4) is 0 Å². The summed E-state index contributed by atoms with van der Waals surface area (Å²) in [6, 6.07) is 4.55. The van der Waals surface area contributed by atoms with Crippen molar-refractivity contribution in [1.82, 2.24) is 4.90 Å². The number of carbonyl (C=O) groups excluding carboxylic acids is 1. The first kappa shape index (κ1) is 14.6. The van der Waals surface area contributed by atoms with Gasteiger partial charge in [0.15, 0.2) is 0 Å². The molecule has 0 bridgehead atoms. The lowest BCUT2D eigenvalue weighted by Gasteiger charge is -2.24. The van der Waals surface area contributed by atoms with Gasteiger partial charge < -0.3 is 4.90 Å². The highest BCUT2D eigenvalue weighted by molar-refractivity contribution is 9.10. The summed E-state index contributed by atoms with van der Waals surface area (Å²) in [4.78, 5) is 24.1. The number of hydrogen-bond acceptors (Lipinski definition) is 3. The molecule has 0 saturated heterocycles. The highest BCUT2D eigenvalue weighted by Gasteiger charge is 2.23. The monoisotopic (exact) mass is 314 g/mol. The molecule has 0 aliphatic carbocycles. The van der Waals surface area contributed by atoms with Crippen molar-refractivity contribution in [1.29, 1.82) is 0 Å². The van der Waals surface area contributed by atoms with Crippen LogP contribution in [0.3, 0.4) is 0 Å². The molecule has 0 N–H and O–H groups in total. The van der Waals surface area contributed by atoms with E-state index in [1.54, 1.807) is 18.0 Å². The first-order valence-corrected chi connectivity index (χ1v) is 6.39. The van der Waals surface area contributed by atoms with E-state index in [2.05, 4.69) is 15.9 Å². The van der Waals surface area contributed by atoms with Crippen LogP contribution in [0.15, 0.2) is 22.7 Å². The van der Waals surface area contributed by atoms with Crippen LogP contribution >= 0.6 is 15.9 Å². The molecule has 5 nitrogen and oxygen atoms in total. The smallest absolute Gasteiger partial charge is 0.284 e. The molecule has 0 fully saturated rings. The van der Waals surface area contributed by atoms with Gasteiger partial charge >= 0.3 is 0 Å². The highest BCUT2D eigenvalue weighted by atomic mass is 79.9. The largest absolute Gasteiger partial charge is 0.339 e. The Bertz CT molecular complexity index is 476. The van der Waals surface area contributed by atoms with Gasteiger partial charge in [-0.3, -0.25) is 14.9 Å². The van der Waals surface area contributed by atoms with Crippen LogP contribution in [-0.2, 0) is 0 Å². The second-order valence-corrected chi connectivity index (χ2v) is 4.86. The Balaban J connectivity index is 3.14. The van der Waals surface area contributed by atoms with E-state index in [1.807, 2.05) is 13.8 Å². The maximum atomic E-state index is 12.2. The lowest BCUT2D eigenvalue weighted by Crippen LogP contribution is -2.34. The number of nitrogens with zero attached hydrogens (tertiary/aromatic N) is 2. The highest BCUT2D eigenvalue weighted by Crippen LogP contribution is 2.29. The van der Waals surface area contributed by atoms with Gasteiger partial charge in [0, 0.05) is 19.2 Å². The van der Waals surface area contributed by atoms with Gasteiger partial charge in [0.1, 0.15) is 4.47 Å². The van der Waals surface area contributed by atoms with Gasteiger partial charge in [-0.25, -0.2) is 0 Å². The Morgan fingerprint density at radius 3 is 2.67 bits per heavy atom. The number of carbonyl (C=O) groups is 1. The Morgan fingerprint density at radius 2 is 2.17 bits per heavy atom. The third kappa shape index (κ3) is 2.87. The maximum Gasteiger partial charge on any atom is 0.284 e. The van der Waals surface area contributed by atoms with Crippen LogP contribution < -0.4 is 0 Å². The fourth-order valence-electron chi connectivity index (χ4n) is 1.49. The molecule has 1 aromatic rings. The minimum atomic E-state index is -0.510. The van der Waals surface area contributed by atoms with E-state index in [9.17, 15) is 14.9 Å². The number of hydrogen-bond donors (Lipinski definition) is 0. The average Bonchev–Trinajstić information content (AvgIpc) is 2.36. The van der Waals surface area contributed by atoms with Gasteiger partial charge in [0.2, 0.25) is 0 Å². The molecule has 0 saturated carbocycles. The van der Waals surface area contributed by atoms with Gasteiger partial charge in [-0.15, -0.1) is 0 Å². The maximum absolute atomic E-state index is 12.2. The normalized spacial score (nSPS) is 12.0. The van der Waals surface area contributed by atoms with Gasteiger partial charge in [-0.05, 0) is 35.3 Å². The number of amides is 1. The molecule has 1 unspecified atom stereocenters. The Morgan fingerprint density at radius 1 is 1.56 bits per heavy atom. The molecule has 1 amide bonds. The molecule has 98 valence electrons. The molecule has 18 heavy (non-hydrogen) atoms. The summed E-state index contributed by atoms with van der Waals surface area (Å²) in [6.07, 6.45) is 0.828. The number of rotatable bonds is 4. The van der Waals surface area contributed by atoms with E-state index in [0.717, 1.165) is 6.42 Å². The molecule has 1 rings (SSSR count). The van der Waals surface area contributed by atoms with Crippen LogP contribution in [0.5, 0.6) is 0 Å². The molecule has 0 aliphatic heterocycles. The number of halogens is 1. The fourth-order valence-corrected chi connectivity index (χ4v) is 2.07. The quantitative estimate of drug-likeness (QED) is 0.633. The molecular weight excluding hydrogens is 300 g/mol. The summed E-state index contributed by atoms with van der Waals surface area (Å²) < 4.78 is 0.232. The third-order valence-electron chi connectivity index (χ3n) is 2.98. The number of benzene rings is 1. The molecule has 0 aromatic heterocycles. The fraction of sp³-hybridized carbons (Fsp3) is 0.417. The Labute approximate surface area is 114 Å². The molecule has 6 heteroatoms. The van der Waals surface area contributed by atoms with E-state index in [0.29, 0.717) is 5.56 Å². The molecule has 0 radical (unpaired) electrons. The van der Waals surface area contributed by atoms with Gasteiger partial charge in [0.25, 0.3) is 11.6 Å². The van der Waals surface area contributed by atoms with Crippen molar-refractivity contribution in [2.24, 2.45) is 0 Å². The van der Waals surface area contributed by atoms with Crippen LogP contribution in [0.1, 0.15) is 30.6 Å². The summed E-state index contributed by atoms with van der Waals surface area (Å²) >= 11 is 3.13. The molecule has 1 atom stereocenters. The van der Waals surface area contributed by atoms with Crippen molar-refractivity contribution in [3.05, 3.63) is 38.3 Å². The van der Waals surface area contributed by atoms with Crippen molar-refractivity contribution < 1.29 is 9.72 Å². The lowest BCUT2D eigenvalue weighted by molar-refractivity contribution is -0.385. The van der Waals surface area contributed by atoms with Crippen molar-refractivity contribution in [2.75, 3.05) is 7.05 Å². The van der Waals surface area contributed by atoms with Crippen LogP contribution in [0.4, 0.5) is 5.69 Å². The zero-order valence-electron chi connectivity index (χ0n) is 10.5. The molecule has 0 heterocycles. The first-order valence-electron chi connectivity index (χ1n) is 5.60. The van der Waals surface area contributed by atoms with Gasteiger partial charge in [0.05, 0.1) is 10.5 Å². The van der Waals surface area contributed by atoms with Crippen molar-refractivity contribution >= 4 is 27.5 Å². The zero-order valence-corrected chi connectivity index (χ0v) is 12.1. The summed E-state index contributed by atoms with van der Waals surface area (Å²) in [6.45, 7) is 3.92. The van der Waals surface area contributed by atoms with E-state index in [1.165, 1.54) is 12.1 Å². The van der Waals surface area contributed by atoms with E-state index < -0.39 is 4.92 Å². The minimum absolute atomic E-state index is 0.0867. The SMILES string of the molecule is CCC(C)N(C)C(=O)c1cccc([N+](=O)[O-])c1Br. The van der Waals surface area contributed by atoms with E-state index in [4.69, 9.17) is 0 Å². The molecule has 0 spiro atoms. The number of nitro groups is 1. The Hall–Kier alpha value is -1.43. The molecular formula is C12H15BrN2O3. The standard InChI is InChI=1S/C12H15BrN2O3/c1-4-8(2)14(3)12(16)9-6-5-7-10(11(9)13)15(17)18/h5-8H,4H2,1-3H3. The summed E-state index contributed by atoms with van der Waals surface area (Å²) in [7, 11) is 1.70. The second-order valence-electron chi connectivity index (χ2n) is 4.07. The topological polar surface area (TPSA) is 63.5 Å². The van der Waals surface area contributed by atoms with Gasteiger partial charge in [-0.1, -0.05) is 13.0 Å². The van der Waals surface area contributed by atoms with E-state index in [-0.39, 0.29) is 22.1 Å². The summed E-state index contributed by atoms with van der Waals surface area (Å²) in [5, 5.41) is 10.8. The predicted molar refractivity (Wildman–Crippen MR) is 72.6 cm³/mol. The van der Waals surface area contributed by atoms with Crippen LogP contribution in [-0.4, -0.2) is 28.8 Å². The van der Waals surface area contributed by atoms with Crippen LogP contribution in [0.25, 0.3) is 0 Å².